The summed E-state index contributed by atoms with van der Waals surface area (Å²) in [6.45, 7) is 2.45. The maximum absolute atomic E-state index is 6.19. The van der Waals surface area contributed by atoms with Gasteiger partial charge in [0.2, 0.25) is 0 Å². The molecule has 0 amide bonds. The topological polar surface area (TPSA) is 36.9 Å². The molecule has 1 heterocycles. The standard InChI is InChI=1S/C23H22O2.C20H18O2/c1-3-8-18(9-4-1)14-20-15-22-21(12-7-13-24-22)23(16-20)25-17-19-10-5-2-6-11-19;1-3-9-17(10-4-1)15-21-19-13-7-8-14-20(19)22-16-18-11-5-2-6-12-18/h1-6,8-11,15-16H,7,12-14,17H2;1-14H,15-16H2. The molecule has 7 rings (SSSR count). The lowest BCUT2D eigenvalue weighted by molar-refractivity contribution is 0.256. The Bertz CT molecular complexity index is 1730. The van der Waals surface area contributed by atoms with Crippen LogP contribution in [-0.2, 0) is 32.7 Å². The van der Waals surface area contributed by atoms with Gasteiger partial charge in [-0.3, -0.25) is 0 Å². The van der Waals surface area contributed by atoms with Gasteiger partial charge in [0.1, 0.15) is 31.3 Å². The molecule has 0 spiro atoms. The van der Waals surface area contributed by atoms with Gasteiger partial charge in [-0.1, -0.05) is 133 Å². The van der Waals surface area contributed by atoms with Gasteiger partial charge in [0, 0.05) is 5.56 Å². The van der Waals surface area contributed by atoms with Crippen LogP contribution >= 0.6 is 0 Å². The molecule has 0 saturated heterocycles. The number of hydrogen-bond acceptors (Lipinski definition) is 4. The monoisotopic (exact) mass is 620 g/mol. The molecule has 0 bridgehead atoms. The van der Waals surface area contributed by atoms with Gasteiger partial charge in [0.15, 0.2) is 11.5 Å². The van der Waals surface area contributed by atoms with Gasteiger partial charge >= 0.3 is 0 Å². The molecule has 236 valence electrons. The summed E-state index contributed by atoms with van der Waals surface area (Å²) in [7, 11) is 0. The lowest BCUT2D eigenvalue weighted by Gasteiger charge is -2.22. The number of para-hydroxylation sites is 2. The van der Waals surface area contributed by atoms with Crippen LogP contribution in [0.15, 0.2) is 158 Å². The molecule has 1 aliphatic rings. The maximum Gasteiger partial charge on any atom is 0.161 e. The highest BCUT2D eigenvalue weighted by molar-refractivity contribution is 5.50. The second-order valence-electron chi connectivity index (χ2n) is 11.5. The predicted molar refractivity (Wildman–Crippen MR) is 188 cm³/mol. The summed E-state index contributed by atoms with van der Waals surface area (Å²) in [6.07, 6.45) is 2.96. The molecule has 0 unspecified atom stereocenters. The largest absolute Gasteiger partial charge is 0.493 e. The molecule has 0 N–H and O–H groups in total. The molecule has 0 aliphatic carbocycles. The van der Waals surface area contributed by atoms with Gasteiger partial charge in [0.05, 0.1) is 6.61 Å². The predicted octanol–water partition coefficient (Wildman–Crippen LogP) is 10.0. The minimum absolute atomic E-state index is 0.534. The van der Waals surface area contributed by atoms with Crippen LogP contribution in [0.3, 0.4) is 0 Å². The highest BCUT2D eigenvalue weighted by atomic mass is 16.5. The Labute approximate surface area is 278 Å². The van der Waals surface area contributed by atoms with Gasteiger partial charge in [-0.25, -0.2) is 0 Å². The lowest BCUT2D eigenvalue weighted by atomic mass is 9.98. The summed E-state index contributed by atoms with van der Waals surface area (Å²) in [5, 5.41) is 0. The van der Waals surface area contributed by atoms with Gasteiger partial charge < -0.3 is 18.9 Å². The first-order valence-corrected chi connectivity index (χ1v) is 16.2. The van der Waals surface area contributed by atoms with E-state index in [-0.39, 0.29) is 0 Å². The van der Waals surface area contributed by atoms with E-state index in [0.29, 0.717) is 19.8 Å². The lowest BCUT2D eigenvalue weighted by Crippen LogP contribution is -2.11. The second-order valence-corrected chi connectivity index (χ2v) is 11.5. The highest BCUT2D eigenvalue weighted by Crippen LogP contribution is 2.36. The number of benzene rings is 6. The van der Waals surface area contributed by atoms with Crippen LogP contribution in [-0.4, -0.2) is 6.61 Å². The number of fused-ring (bicyclic) bond motifs is 1. The third-order valence-electron chi connectivity index (χ3n) is 7.87. The normalized spacial score (nSPS) is 11.7. The SMILES string of the molecule is c1ccc(COc2cc(Cc3ccccc3)cc3c2CCCO3)cc1.c1ccc(COc2ccccc2OCc2ccccc2)cc1. The molecule has 0 atom stereocenters. The molecule has 6 aromatic carbocycles. The van der Waals surface area contributed by atoms with E-state index in [1.807, 2.05) is 109 Å². The summed E-state index contributed by atoms with van der Waals surface area (Å²) in [5.41, 5.74) is 7.20. The summed E-state index contributed by atoms with van der Waals surface area (Å²) in [6, 6.07) is 53.2. The van der Waals surface area contributed by atoms with Crippen LogP contribution in [0.4, 0.5) is 0 Å². The fourth-order valence-corrected chi connectivity index (χ4v) is 5.44. The van der Waals surface area contributed by atoms with Crippen LogP contribution < -0.4 is 18.9 Å². The van der Waals surface area contributed by atoms with Crippen LogP contribution in [0.5, 0.6) is 23.0 Å². The molecule has 4 nitrogen and oxygen atoms in total. The van der Waals surface area contributed by atoms with Crippen molar-refractivity contribution in [1.82, 2.24) is 0 Å². The van der Waals surface area contributed by atoms with Gasteiger partial charge in [0.25, 0.3) is 0 Å². The Balaban J connectivity index is 0.000000166. The van der Waals surface area contributed by atoms with Crippen LogP contribution in [0.25, 0.3) is 0 Å². The minimum Gasteiger partial charge on any atom is -0.493 e. The van der Waals surface area contributed by atoms with Crippen LogP contribution in [0, 0.1) is 0 Å². The van der Waals surface area contributed by atoms with Gasteiger partial charge in [-0.05, 0) is 71.3 Å². The molecule has 6 aromatic rings. The van der Waals surface area contributed by atoms with E-state index in [9.17, 15) is 0 Å². The molecule has 0 saturated carbocycles. The third kappa shape index (κ3) is 9.51. The maximum atomic E-state index is 6.19. The molecule has 0 aromatic heterocycles. The van der Waals surface area contributed by atoms with Crippen LogP contribution in [0.2, 0.25) is 0 Å². The summed E-state index contributed by atoms with van der Waals surface area (Å²) in [5.74, 6) is 3.49. The van der Waals surface area contributed by atoms with Crippen molar-refractivity contribution in [2.45, 2.75) is 39.1 Å². The number of rotatable bonds is 11. The Morgan fingerprint density at radius 3 is 1.34 bits per heavy atom. The second kappa shape index (κ2) is 16.7. The van der Waals surface area contributed by atoms with Crippen molar-refractivity contribution >= 4 is 0 Å². The Kier molecular flexibility index (Phi) is 11.2. The molecule has 0 radical (unpaired) electrons. The Hall–Kier alpha value is -5.48. The van der Waals surface area contributed by atoms with Crippen molar-refractivity contribution in [3.63, 3.8) is 0 Å². The average molecular weight is 621 g/mol. The molecule has 0 fully saturated rings. The quantitative estimate of drug-likeness (QED) is 0.144. The Morgan fingerprint density at radius 1 is 0.426 bits per heavy atom. The summed E-state index contributed by atoms with van der Waals surface area (Å²) in [4.78, 5) is 0. The molecule has 4 heteroatoms. The molecule has 1 aliphatic heterocycles. The molecular weight excluding hydrogens is 580 g/mol. The van der Waals surface area contributed by atoms with E-state index in [2.05, 4.69) is 48.5 Å². The van der Waals surface area contributed by atoms with Crippen molar-refractivity contribution in [2.75, 3.05) is 6.61 Å². The minimum atomic E-state index is 0.534. The fraction of sp³-hybridized carbons (Fsp3) is 0.163. The zero-order valence-corrected chi connectivity index (χ0v) is 26.6. The number of ether oxygens (including phenoxy) is 4. The first kappa shape index (κ1) is 31.5. The first-order chi connectivity index (χ1) is 23.3. The van der Waals surface area contributed by atoms with Crippen molar-refractivity contribution in [3.8, 4) is 23.0 Å². The van der Waals surface area contributed by atoms with E-state index in [1.165, 1.54) is 22.3 Å². The zero-order valence-electron chi connectivity index (χ0n) is 26.6. The Morgan fingerprint density at radius 2 is 0.851 bits per heavy atom. The van der Waals surface area contributed by atoms with Gasteiger partial charge in [-0.2, -0.15) is 0 Å². The van der Waals surface area contributed by atoms with Crippen LogP contribution in [0.1, 0.15) is 39.8 Å². The van der Waals surface area contributed by atoms with Crippen molar-refractivity contribution in [2.24, 2.45) is 0 Å². The van der Waals surface area contributed by atoms with Gasteiger partial charge in [-0.15, -0.1) is 0 Å². The van der Waals surface area contributed by atoms with E-state index >= 15 is 0 Å². The third-order valence-corrected chi connectivity index (χ3v) is 7.87. The molecule has 47 heavy (non-hydrogen) atoms. The van der Waals surface area contributed by atoms with E-state index in [4.69, 9.17) is 18.9 Å². The average Bonchev–Trinajstić information content (AvgIpc) is 3.14. The van der Waals surface area contributed by atoms with Crippen molar-refractivity contribution in [1.29, 1.82) is 0 Å². The summed E-state index contributed by atoms with van der Waals surface area (Å²) >= 11 is 0. The van der Waals surface area contributed by atoms with E-state index < -0.39 is 0 Å². The smallest absolute Gasteiger partial charge is 0.161 e. The van der Waals surface area contributed by atoms with Crippen molar-refractivity contribution < 1.29 is 18.9 Å². The van der Waals surface area contributed by atoms with Crippen molar-refractivity contribution in [3.05, 3.63) is 191 Å². The number of hydrogen-bond donors (Lipinski definition) is 0. The van der Waals surface area contributed by atoms with E-state index in [0.717, 1.165) is 60.0 Å². The molecular formula is C43H40O4. The first-order valence-electron chi connectivity index (χ1n) is 16.2. The summed E-state index contributed by atoms with van der Waals surface area (Å²) < 4.78 is 23.9. The van der Waals surface area contributed by atoms with E-state index in [1.54, 1.807) is 0 Å². The fourth-order valence-electron chi connectivity index (χ4n) is 5.44. The zero-order chi connectivity index (χ0) is 31.9. The highest BCUT2D eigenvalue weighted by Gasteiger charge is 2.17.